The molecule has 0 aliphatic rings. The molecule has 0 aromatic carbocycles. The Morgan fingerprint density at radius 2 is 2.16 bits per heavy atom. The van der Waals surface area contributed by atoms with Crippen molar-refractivity contribution in [3.05, 3.63) is 33.5 Å². The van der Waals surface area contributed by atoms with Crippen LogP contribution in [0.5, 0.6) is 0 Å². The van der Waals surface area contributed by atoms with Crippen LogP contribution in [0.25, 0.3) is 0 Å². The molecule has 0 radical (unpaired) electrons. The summed E-state index contributed by atoms with van der Waals surface area (Å²) in [7, 11) is 2.01. The molecule has 0 saturated heterocycles. The molecule has 2 aromatic rings. The van der Waals surface area contributed by atoms with E-state index in [1.165, 1.54) is 10.7 Å². The number of hydrogen-bond donors (Lipinski definition) is 1. The molecule has 0 saturated carbocycles. The Bertz CT molecular complexity index is 529. The molecule has 2 aromatic heterocycles. The zero-order valence-electron chi connectivity index (χ0n) is 12.1. The van der Waals surface area contributed by atoms with Crippen molar-refractivity contribution >= 4 is 11.3 Å². The van der Waals surface area contributed by atoms with Gasteiger partial charge in [-0.2, -0.15) is 5.10 Å². The summed E-state index contributed by atoms with van der Waals surface area (Å²) in [5.41, 5.74) is 3.41. The van der Waals surface area contributed by atoms with Crippen molar-refractivity contribution in [2.75, 3.05) is 6.54 Å². The molecule has 0 bridgehead atoms. The first kappa shape index (κ1) is 14.2. The minimum Gasteiger partial charge on any atom is -0.308 e. The van der Waals surface area contributed by atoms with E-state index in [1.54, 1.807) is 11.3 Å². The number of hydrogen-bond acceptors (Lipinski definition) is 4. The Balaban J connectivity index is 2.18. The molecule has 0 aliphatic carbocycles. The van der Waals surface area contributed by atoms with Gasteiger partial charge >= 0.3 is 0 Å². The fourth-order valence-electron chi connectivity index (χ4n) is 2.23. The van der Waals surface area contributed by atoms with Gasteiger partial charge in [0.2, 0.25) is 0 Å². The Kier molecular flexibility index (Phi) is 4.71. The molecule has 0 aliphatic heterocycles. The fraction of sp³-hybridized carbons (Fsp3) is 0.571. The number of thiazole rings is 1. The molecule has 2 rings (SSSR count). The minimum absolute atomic E-state index is 0.289. The fourth-order valence-corrected chi connectivity index (χ4v) is 3.05. The van der Waals surface area contributed by atoms with E-state index < -0.39 is 0 Å². The lowest BCUT2D eigenvalue weighted by Crippen LogP contribution is -2.26. The summed E-state index contributed by atoms with van der Waals surface area (Å²) in [6.45, 7) is 7.28. The van der Waals surface area contributed by atoms with Gasteiger partial charge in [-0.05, 0) is 32.9 Å². The lowest BCUT2D eigenvalue weighted by Gasteiger charge is -2.17. The van der Waals surface area contributed by atoms with Crippen molar-refractivity contribution < 1.29 is 0 Å². The lowest BCUT2D eigenvalue weighted by molar-refractivity contribution is 0.492. The molecular formula is C14H22N4S. The van der Waals surface area contributed by atoms with Gasteiger partial charge in [-0.1, -0.05) is 6.92 Å². The molecule has 0 spiro atoms. The normalized spacial score (nSPS) is 12.8. The second-order valence-corrected chi connectivity index (χ2v) is 5.87. The lowest BCUT2D eigenvalue weighted by atomic mass is 10.1. The number of rotatable bonds is 6. The van der Waals surface area contributed by atoms with E-state index in [1.807, 2.05) is 25.6 Å². The van der Waals surface area contributed by atoms with Crippen molar-refractivity contribution in [2.24, 2.45) is 7.05 Å². The topological polar surface area (TPSA) is 42.7 Å². The molecule has 1 unspecified atom stereocenters. The number of nitrogens with one attached hydrogen (secondary N) is 1. The van der Waals surface area contributed by atoms with E-state index in [-0.39, 0.29) is 6.04 Å². The average molecular weight is 278 g/mol. The Morgan fingerprint density at radius 3 is 2.68 bits per heavy atom. The molecule has 1 N–H and O–H groups in total. The summed E-state index contributed by atoms with van der Waals surface area (Å²) < 4.78 is 1.98. The first-order valence-corrected chi connectivity index (χ1v) is 7.63. The van der Waals surface area contributed by atoms with Crippen LogP contribution in [0.4, 0.5) is 0 Å². The second kappa shape index (κ2) is 6.30. The van der Waals surface area contributed by atoms with Gasteiger partial charge in [0, 0.05) is 24.5 Å². The predicted molar refractivity (Wildman–Crippen MR) is 79.5 cm³/mol. The maximum absolute atomic E-state index is 4.57. The van der Waals surface area contributed by atoms with Crippen molar-refractivity contribution in [1.29, 1.82) is 0 Å². The second-order valence-electron chi connectivity index (χ2n) is 4.93. The van der Waals surface area contributed by atoms with Crippen LogP contribution in [0.3, 0.4) is 0 Å². The Hall–Kier alpha value is -1.20. The van der Waals surface area contributed by atoms with Crippen LogP contribution >= 0.6 is 11.3 Å². The van der Waals surface area contributed by atoms with Gasteiger partial charge in [-0.25, -0.2) is 4.98 Å². The van der Waals surface area contributed by atoms with Gasteiger partial charge in [0.25, 0.3) is 0 Å². The summed E-state index contributed by atoms with van der Waals surface area (Å²) in [5, 5.41) is 11.3. The van der Waals surface area contributed by atoms with Gasteiger partial charge in [-0.15, -0.1) is 11.3 Å². The van der Waals surface area contributed by atoms with Crippen LogP contribution in [0.2, 0.25) is 0 Å². The van der Waals surface area contributed by atoms with Crippen molar-refractivity contribution in [1.82, 2.24) is 20.1 Å². The summed E-state index contributed by atoms with van der Waals surface area (Å²) in [6.07, 6.45) is 2.06. The van der Waals surface area contributed by atoms with Crippen LogP contribution in [0.15, 0.2) is 11.4 Å². The zero-order chi connectivity index (χ0) is 13.8. The molecule has 1 atom stereocenters. The van der Waals surface area contributed by atoms with Gasteiger partial charge in [-0.3, -0.25) is 4.68 Å². The van der Waals surface area contributed by atoms with Crippen LogP contribution in [-0.4, -0.2) is 21.3 Å². The monoisotopic (exact) mass is 278 g/mol. The predicted octanol–water partition coefficient (Wildman–Crippen LogP) is 2.78. The zero-order valence-corrected chi connectivity index (χ0v) is 12.9. The molecule has 19 heavy (non-hydrogen) atoms. The standard InChI is InChI=1S/C14H22N4S/c1-5-6-15-12(8-14-16-11(3)9-19-14)13-7-10(2)17-18(13)4/h7,9,12,15H,5-6,8H2,1-4H3. The van der Waals surface area contributed by atoms with Crippen molar-refractivity contribution in [3.8, 4) is 0 Å². The molecule has 0 amide bonds. The van der Waals surface area contributed by atoms with Crippen LogP contribution in [0, 0.1) is 13.8 Å². The van der Waals surface area contributed by atoms with Gasteiger partial charge in [0.1, 0.15) is 0 Å². The average Bonchev–Trinajstić information content (AvgIpc) is 2.91. The summed E-state index contributed by atoms with van der Waals surface area (Å²) >= 11 is 1.74. The van der Waals surface area contributed by atoms with Gasteiger partial charge in [0.15, 0.2) is 0 Å². The third-order valence-electron chi connectivity index (χ3n) is 3.08. The largest absolute Gasteiger partial charge is 0.308 e. The number of nitrogens with zero attached hydrogens (tertiary/aromatic N) is 3. The molecule has 2 heterocycles. The summed E-state index contributed by atoms with van der Waals surface area (Å²) in [4.78, 5) is 4.57. The first-order valence-electron chi connectivity index (χ1n) is 6.75. The highest BCUT2D eigenvalue weighted by atomic mass is 32.1. The summed E-state index contributed by atoms with van der Waals surface area (Å²) in [6, 6.07) is 2.45. The van der Waals surface area contributed by atoms with E-state index in [0.717, 1.165) is 30.8 Å². The Morgan fingerprint density at radius 1 is 1.37 bits per heavy atom. The van der Waals surface area contributed by atoms with E-state index in [9.17, 15) is 0 Å². The minimum atomic E-state index is 0.289. The first-order chi connectivity index (χ1) is 9.10. The van der Waals surface area contributed by atoms with E-state index in [0.29, 0.717) is 0 Å². The smallest absolute Gasteiger partial charge is 0.0947 e. The number of aromatic nitrogens is 3. The van der Waals surface area contributed by atoms with Gasteiger partial charge < -0.3 is 5.32 Å². The van der Waals surface area contributed by atoms with E-state index >= 15 is 0 Å². The molecule has 0 fully saturated rings. The van der Waals surface area contributed by atoms with Crippen molar-refractivity contribution in [2.45, 2.75) is 39.7 Å². The van der Waals surface area contributed by atoms with Crippen LogP contribution in [0.1, 0.15) is 41.5 Å². The van der Waals surface area contributed by atoms with Crippen LogP contribution < -0.4 is 5.32 Å². The highest BCUT2D eigenvalue weighted by Gasteiger charge is 2.17. The Labute approximate surface area is 118 Å². The SMILES string of the molecule is CCCNC(Cc1nc(C)cs1)c1cc(C)nn1C. The quantitative estimate of drug-likeness (QED) is 0.883. The maximum atomic E-state index is 4.57. The molecule has 5 heteroatoms. The van der Waals surface area contributed by atoms with E-state index in [4.69, 9.17) is 0 Å². The highest BCUT2D eigenvalue weighted by Crippen LogP contribution is 2.21. The van der Waals surface area contributed by atoms with Crippen LogP contribution in [-0.2, 0) is 13.5 Å². The molecule has 104 valence electrons. The highest BCUT2D eigenvalue weighted by molar-refractivity contribution is 7.09. The summed E-state index contributed by atoms with van der Waals surface area (Å²) in [5.74, 6) is 0. The maximum Gasteiger partial charge on any atom is 0.0947 e. The van der Waals surface area contributed by atoms with E-state index in [2.05, 4.69) is 33.8 Å². The third-order valence-corrected chi connectivity index (χ3v) is 4.07. The van der Waals surface area contributed by atoms with Crippen molar-refractivity contribution in [3.63, 3.8) is 0 Å². The van der Waals surface area contributed by atoms with Gasteiger partial charge in [0.05, 0.1) is 22.4 Å². The molecular weight excluding hydrogens is 256 g/mol. The number of aryl methyl sites for hydroxylation is 3. The molecule has 4 nitrogen and oxygen atoms in total. The third kappa shape index (κ3) is 3.64.